The molecule has 0 saturated carbocycles. The van der Waals surface area contributed by atoms with Crippen molar-refractivity contribution in [1.29, 1.82) is 0 Å². The second-order valence-electron chi connectivity index (χ2n) is 4.30. The molecule has 1 aliphatic rings. The number of hydrogen-bond acceptors (Lipinski definition) is 4. The fourth-order valence-electron chi connectivity index (χ4n) is 2.08. The van der Waals surface area contributed by atoms with E-state index in [-0.39, 0.29) is 11.9 Å². The zero-order valence-electron chi connectivity index (χ0n) is 10.4. The molecule has 0 spiro atoms. The molecule has 2 heterocycles. The average molecular weight is 237 g/mol. The molecule has 94 valence electrons. The minimum Gasteiger partial charge on any atom is -0.368 e. The molecule has 0 aliphatic carbocycles. The highest BCUT2D eigenvalue weighted by atomic mass is 16.5. The third-order valence-electron chi connectivity index (χ3n) is 2.93. The van der Waals surface area contributed by atoms with Crippen LogP contribution in [0.4, 0.5) is 0 Å². The summed E-state index contributed by atoms with van der Waals surface area (Å²) in [4.78, 5) is 12.0. The molecule has 1 atom stereocenters. The number of ether oxygens (including phenoxy) is 1. The highest BCUT2D eigenvalue weighted by Crippen LogP contribution is 2.08. The molecule has 5 heteroatoms. The SMILES string of the molecule is CCn1nc(C)cc1CC(=O)C1CNCCO1. The lowest BCUT2D eigenvalue weighted by molar-refractivity contribution is -0.131. The second-order valence-corrected chi connectivity index (χ2v) is 4.30. The van der Waals surface area contributed by atoms with Gasteiger partial charge in [-0.15, -0.1) is 0 Å². The van der Waals surface area contributed by atoms with Gasteiger partial charge < -0.3 is 10.1 Å². The van der Waals surface area contributed by atoms with Gasteiger partial charge in [0.1, 0.15) is 6.10 Å². The van der Waals surface area contributed by atoms with Crippen molar-refractivity contribution in [3.63, 3.8) is 0 Å². The molecule has 0 aromatic carbocycles. The highest BCUT2D eigenvalue weighted by Gasteiger charge is 2.22. The molecule has 1 fully saturated rings. The Kier molecular flexibility index (Phi) is 3.91. The Morgan fingerprint density at radius 3 is 3.18 bits per heavy atom. The van der Waals surface area contributed by atoms with Crippen molar-refractivity contribution < 1.29 is 9.53 Å². The van der Waals surface area contributed by atoms with Crippen molar-refractivity contribution in [2.24, 2.45) is 0 Å². The second kappa shape index (κ2) is 5.42. The van der Waals surface area contributed by atoms with Crippen LogP contribution in [0, 0.1) is 6.92 Å². The summed E-state index contributed by atoms with van der Waals surface area (Å²) in [6.45, 7) is 6.83. The number of Topliss-reactive ketones (excluding diaryl/α,β-unsaturated/α-hetero) is 1. The maximum atomic E-state index is 12.0. The fraction of sp³-hybridized carbons (Fsp3) is 0.667. The molecule has 0 amide bonds. The van der Waals surface area contributed by atoms with E-state index in [2.05, 4.69) is 10.4 Å². The van der Waals surface area contributed by atoms with Crippen molar-refractivity contribution in [3.05, 3.63) is 17.5 Å². The molecule has 1 unspecified atom stereocenters. The van der Waals surface area contributed by atoms with Gasteiger partial charge >= 0.3 is 0 Å². The largest absolute Gasteiger partial charge is 0.368 e. The third kappa shape index (κ3) is 2.92. The van der Waals surface area contributed by atoms with Crippen molar-refractivity contribution >= 4 is 5.78 Å². The topological polar surface area (TPSA) is 56.2 Å². The molecule has 0 bridgehead atoms. The van der Waals surface area contributed by atoms with Gasteiger partial charge in [0.2, 0.25) is 0 Å². The van der Waals surface area contributed by atoms with Crippen LogP contribution >= 0.6 is 0 Å². The highest BCUT2D eigenvalue weighted by molar-refractivity contribution is 5.85. The van der Waals surface area contributed by atoms with E-state index in [1.165, 1.54) is 0 Å². The first-order valence-electron chi connectivity index (χ1n) is 6.09. The molecule has 1 aliphatic heterocycles. The van der Waals surface area contributed by atoms with Crippen LogP contribution < -0.4 is 5.32 Å². The van der Waals surface area contributed by atoms with Crippen molar-refractivity contribution in [1.82, 2.24) is 15.1 Å². The molecule has 1 aromatic rings. The van der Waals surface area contributed by atoms with E-state index in [1.807, 2.05) is 24.6 Å². The molecule has 1 aromatic heterocycles. The monoisotopic (exact) mass is 237 g/mol. The Morgan fingerprint density at radius 1 is 1.71 bits per heavy atom. The lowest BCUT2D eigenvalue weighted by atomic mass is 10.1. The number of morpholine rings is 1. The standard InChI is InChI=1S/C12H19N3O2/c1-3-15-10(6-9(2)14-15)7-11(16)12-8-13-4-5-17-12/h6,12-13H,3-5,7-8H2,1-2H3. The van der Waals surface area contributed by atoms with Crippen LogP contribution in [-0.2, 0) is 22.5 Å². The van der Waals surface area contributed by atoms with Crippen LogP contribution in [0.2, 0.25) is 0 Å². The lowest BCUT2D eigenvalue weighted by Gasteiger charge is -2.22. The molecular formula is C12H19N3O2. The van der Waals surface area contributed by atoms with Crippen LogP contribution in [0.5, 0.6) is 0 Å². The lowest BCUT2D eigenvalue weighted by Crippen LogP contribution is -2.43. The maximum Gasteiger partial charge on any atom is 0.168 e. The van der Waals surface area contributed by atoms with Gasteiger partial charge in [0.15, 0.2) is 5.78 Å². The van der Waals surface area contributed by atoms with Crippen molar-refractivity contribution in [3.8, 4) is 0 Å². The summed E-state index contributed by atoms with van der Waals surface area (Å²) in [5, 5.41) is 7.50. The zero-order valence-corrected chi connectivity index (χ0v) is 10.4. The predicted octanol–water partition coefficient (Wildman–Crippen LogP) is 0.311. The zero-order chi connectivity index (χ0) is 12.3. The minimum absolute atomic E-state index is 0.131. The van der Waals surface area contributed by atoms with Crippen LogP contribution in [0.15, 0.2) is 6.07 Å². The first-order valence-corrected chi connectivity index (χ1v) is 6.09. The summed E-state index contributed by atoms with van der Waals surface area (Å²) >= 11 is 0. The molecule has 2 rings (SSSR count). The van der Waals surface area contributed by atoms with E-state index in [4.69, 9.17) is 4.74 Å². The Bertz CT molecular complexity index is 394. The summed E-state index contributed by atoms with van der Waals surface area (Å²) in [7, 11) is 0. The van der Waals surface area contributed by atoms with E-state index < -0.39 is 0 Å². The first kappa shape index (κ1) is 12.3. The summed E-state index contributed by atoms with van der Waals surface area (Å²) in [5.41, 5.74) is 1.93. The summed E-state index contributed by atoms with van der Waals surface area (Å²) in [6, 6.07) is 1.97. The number of ketones is 1. The number of hydrogen-bond donors (Lipinski definition) is 1. The Balaban J connectivity index is 2.01. The van der Waals surface area contributed by atoms with Crippen molar-refractivity contribution in [2.45, 2.75) is 32.9 Å². The van der Waals surface area contributed by atoms with Crippen molar-refractivity contribution in [2.75, 3.05) is 19.7 Å². The van der Waals surface area contributed by atoms with Gasteiger partial charge in [0, 0.05) is 25.3 Å². The third-order valence-corrected chi connectivity index (χ3v) is 2.93. The predicted molar refractivity (Wildman–Crippen MR) is 64.0 cm³/mol. The summed E-state index contributed by atoms with van der Waals surface area (Å²) in [5.74, 6) is 0.131. The van der Waals surface area contributed by atoms with Crippen LogP contribution in [0.3, 0.4) is 0 Å². The number of nitrogens with zero attached hydrogens (tertiary/aromatic N) is 2. The van der Waals surface area contributed by atoms with Gasteiger partial charge in [0.05, 0.1) is 18.7 Å². The quantitative estimate of drug-likeness (QED) is 0.819. The number of aryl methyl sites for hydroxylation is 2. The first-order chi connectivity index (χ1) is 8.20. The average Bonchev–Trinajstić information content (AvgIpc) is 2.70. The number of carbonyl (C=O) groups is 1. The number of aromatic nitrogens is 2. The van der Waals surface area contributed by atoms with E-state index >= 15 is 0 Å². The maximum absolute atomic E-state index is 12.0. The summed E-state index contributed by atoms with van der Waals surface area (Å²) in [6.07, 6.45) is 0.102. The van der Waals surface area contributed by atoms with E-state index in [0.29, 0.717) is 19.6 Å². The molecular weight excluding hydrogens is 218 g/mol. The van der Waals surface area contributed by atoms with Gasteiger partial charge in [-0.05, 0) is 19.9 Å². The normalized spacial score (nSPS) is 20.5. The number of nitrogens with one attached hydrogen (secondary N) is 1. The van der Waals surface area contributed by atoms with Gasteiger partial charge in [-0.1, -0.05) is 0 Å². The van der Waals surface area contributed by atoms with Crippen LogP contribution in [0.1, 0.15) is 18.3 Å². The molecule has 1 saturated heterocycles. The minimum atomic E-state index is -0.302. The Hall–Kier alpha value is -1.20. The fourth-order valence-corrected chi connectivity index (χ4v) is 2.08. The Morgan fingerprint density at radius 2 is 2.53 bits per heavy atom. The van der Waals surface area contributed by atoms with E-state index in [9.17, 15) is 4.79 Å². The van der Waals surface area contributed by atoms with E-state index in [1.54, 1.807) is 0 Å². The Labute approximate surface area is 101 Å². The van der Waals surface area contributed by atoms with Gasteiger partial charge in [-0.2, -0.15) is 5.10 Å². The summed E-state index contributed by atoms with van der Waals surface area (Å²) < 4.78 is 7.33. The van der Waals surface area contributed by atoms with Gasteiger partial charge in [-0.25, -0.2) is 0 Å². The number of carbonyl (C=O) groups excluding carboxylic acids is 1. The number of rotatable bonds is 4. The molecule has 1 N–H and O–H groups in total. The van der Waals surface area contributed by atoms with E-state index in [0.717, 1.165) is 24.5 Å². The van der Waals surface area contributed by atoms with Crippen LogP contribution in [0.25, 0.3) is 0 Å². The van der Waals surface area contributed by atoms with Crippen LogP contribution in [-0.4, -0.2) is 41.4 Å². The van der Waals surface area contributed by atoms with Gasteiger partial charge in [-0.3, -0.25) is 9.48 Å². The smallest absolute Gasteiger partial charge is 0.168 e. The van der Waals surface area contributed by atoms with Gasteiger partial charge in [0.25, 0.3) is 0 Å². The molecule has 17 heavy (non-hydrogen) atoms. The molecule has 5 nitrogen and oxygen atoms in total. The molecule has 0 radical (unpaired) electrons.